The van der Waals surface area contributed by atoms with Crippen LogP contribution in [0.15, 0.2) is 66.9 Å². The van der Waals surface area contributed by atoms with Crippen molar-refractivity contribution in [2.75, 3.05) is 19.7 Å². The largest absolute Gasteiger partial charge is 0.396 e. The van der Waals surface area contributed by atoms with Crippen LogP contribution in [0.4, 0.5) is 0 Å². The lowest BCUT2D eigenvalue weighted by Gasteiger charge is -2.17. The van der Waals surface area contributed by atoms with Gasteiger partial charge < -0.3 is 10.2 Å². The van der Waals surface area contributed by atoms with Gasteiger partial charge in [-0.15, -0.1) is 0 Å². The molecule has 3 aromatic rings. The number of β-amino-alcohol motifs (C(OH)–C–C–N with tert-alkyl or cyclic N) is 1. The summed E-state index contributed by atoms with van der Waals surface area (Å²) in [4.78, 5) is 6.78. The zero-order valence-corrected chi connectivity index (χ0v) is 15.2. The average Bonchev–Trinajstić information content (AvgIpc) is 3.25. The minimum Gasteiger partial charge on any atom is -0.396 e. The number of hydrogen-bond donors (Lipinski definition) is 2. The first-order valence-electron chi connectivity index (χ1n) is 9.63. The zero-order chi connectivity index (χ0) is 18.4. The van der Waals surface area contributed by atoms with Gasteiger partial charge in [0.1, 0.15) is 0 Å². The quantitative estimate of drug-likeness (QED) is 0.751. The summed E-state index contributed by atoms with van der Waals surface area (Å²) in [6.45, 7) is 2.39. The number of pyridine rings is 1. The molecular weight excluding hydrogens is 336 g/mol. The molecule has 2 fully saturated rings. The molecule has 27 heavy (non-hydrogen) atoms. The number of benzene rings is 2. The molecule has 2 N–H and O–H groups in total. The highest BCUT2D eigenvalue weighted by Crippen LogP contribution is 2.68. The molecule has 1 spiro atoms. The zero-order valence-electron chi connectivity index (χ0n) is 15.2. The summed E-state index contributed by atoms with van der Waals surface area (Å²) in [6.07, 6.45) is 1.45. The number of aromatic nitrogens is 1. The van der Waals surface area contributed by atoms with Crippen LogP contribution in [0, 0.1) is 11.3 Å². The summed E-state index contributed by atoms with van der Waals surface area (Å²) in [5, 5.41) is 22.1. The van der Waals surface area contributed by atoms with Crippen molar-refractivity contribution in [3.63, 3.8) is 0 Å². The van der Waals surface area contributed by atoms with Gasteiger partial charge in [-0.05, 0) is 35.1 Å². The van der Waals surface area contributed by atoms with Crippen molar-refractivity contribution in [2.24, 2.45) is 11.3 Å². The number of aliphatic hydroxyl groups is 2. The molecule has 1 aromatic heterocycles. The van der Waals surface area contributed by atoms with Crippen LogP contribution < -0.4 is 0 Å². The van der Waals surface area contributed by atoms with Gasteiger partial charge in [-0.2, -0.15) is 0 Å². The Bertz CT molecular complexity index is 956. The van der Waals surface area contributed by atoms with Gasteiger partial charge in [-0.1, -0.05) is 48.5 Å². The third-order valence-electron chi connectivity index (χ3n) is 6.60. The van der Waals surface area contributed by atoms with Gasteiger partial charge in [0.15, 0.2) is 0 Å². The molecule has 2 heterocycles. The SMILES string of the molecule is OC[C@@H]1[C@@H](c2ccccc2)[C@]12CN(Cc1ccnc3ccccc13)C[C@@H]2O. The molecule has 0 unspecified atom stereocenters. The van der Waals surface area contributed by atoms with Crippen molar-refractivity contribution >= 4 is 10.9 Å². The van der Waals surface area contributed by atoms with Crippen LogP contribution >= 0.6 is 0 Å². The van der Waals surface area contributed by atoms with Gasteiger partial charge >= 0.3 is 0 Å². The van der Waals surface area contributed by atoms with E-state index in [1.807, 2.05) is 42.6 Å². The maximum absolute atomic E-state index is 10.9. The van der Waals surface area contributed by atoms with E-state index in [0.29, 0.717) is 6.54 Å². The highest BCUT2D eigenvalue weighted by Gasteiger charge is 2.70. The second kappa shape index (κ2) is 6.41. The number of aliphatic hydroxyl groups excluding tert-OH is 2. The van der Waals surface area contributed by atoms with Crippen molar-refractivity contribution < 1.29 is 10.2 Å². The fourth-order valence-corrected chi connectivity index (χ4v) is 5.31. The highest BCUT2D eigenvalue weighted by molar-refractivity contribution is 5.81. The smallest absolute Gasteiger partial charge is 0.0745 e. The normalized spacial score (nSPS) is 30.2. The molecule has 1 aliphatic carbocycles. The molecule has 2 aromatic carbocycles. The molecule has 4 nitrogen and oxygen atoms in total. The Morgan fingerprint density at radius 1 is 1.04 bits per heavy atom. The highest BCUT2D eigenvalue weighted by atomic mass is 16.3. The Kier molecular flexibility index (Phi) is 4.01. The standard InChI is InChI=1S/C23H24N2O2/c26-14-19-22(16-6-2-1-3-7-16)23(19)15-25(13-21(23)27)12-17-10-11-24-20-9-5-4-8-18(17)20/h1-11,19,21-22,26-27H,12-15H2/t19-,21+,22-,23-/m1/s1. The van der Waals surface area contributed by atoms with E-state index in [2.05, 4.69) is 34.1 Å². The van der Waals surface area contributed by atoms with E-state index in [4.69, 9.17) is 0 Å². The van der Waals surface area contributed by atoms with Crippen molar-refractivity contribution in [3.8, 4) is 0 Å². The summed E-state index contributed by atoms with van der Waals surface area (Å²) >= 11 is 0. The van der Waals surface area contributed by atoms with Crippen molar-refractivity contribution in [2.45, 2.75) is 18.6 Å². The number of nitrogens with zero attached hydrogens (tertiary/aromatic N) is 2. The minimum absolute atomic E-state index is 0.128. The van der Waals surface area contributed by atoms with E-state index in [9.17, 15) is 10.2 Å². The molecule has 1 saturated carbocycles. The van der Waals surface area contributed by atoms with Gasteiger partial charge in [-0.3, -0.25) is 9.88 Å². The lowest BCUT2D eigenvalue weighted by Crippen LogP contribution is -2.23. The maximum atomic E-state index is 10.9. The van der Waals surface area contributed by atoms with Gasteiger partial charge in [0, 0.05) is 43.2 Å². The molecule has 4 atom stereocenters. The topological polar surface area (TPSA) is 56.6 Å². The Balaban J connectivity index is 1.41. The third-order valence-corrected chi connectivity index (χ3v) is 6.60. The number of fused-ring (bicyclic) bond motifs is 1. The first kappa shape index (κ1) is 16.9. The van der Waals surface area contributed by atoms with Crippen LogP contribution in [-0.2, 0) is 6.54 Å². The average molecular weight is 360 g/mol. The van der Waals surface area contributed by atoms with Crippen LogP contribution in [0.2, 0.25) is 0 Å². The molecule has 0 radical (unpaired) electrons. The van der Waals surface area contributed by atoms with E-state index in [-0.39, 0.29) is 23.9 Å². The van der Waals surface area contributed by atoms with Crippen LogP contribution in [0.1, 0.15) is 17.0 Å². The van der Waals surface area contributed by atoms with E-state index >= 15 is 0 Å². The Morgan fingerprint density at radius 2 is 1.81 bits per heavy atom. The second-order valence-corrected chi connectivity index (χ2v) is 7.96. The molecule has 1 saturated heterocycles. The Morgan fingerprint density at radius 3 is 2.63 bits per heavy atom. The van der Waals surface area contributed by atoms with Crippen molar-refractivity contribution in [3.05, 3.63) is 78.0 Å². The fraction of sp³-hybridized carbons (Fsp3) is 0.348. The summed E-state index contributed by atoms with van der Waals surface area (Å²) in [7, 11) is 0. The first-order valence-corrected chi connectivity index (χ1v) is 9.63. The van der Waals surface area contributed by atoms with Crippen molar-refractivity contribution in [1.29, 1.82) is 0 Å². The lowest BCUT2D eigenvalue weighted by atomic mass is 9.95. The predicted molar refractivity (Wildman–Crippen MR) is 105 cm³/mol. The van der Waals surface area contributed by atoms with Crippen LogP contribution in [-0.4, -0.2) is 45.9 Å². The first-order chi connectivity index (χ1) is 13.2. The molecule has 0 amide bonds. The Hall–Kier alpha value is -2.27. The predicted octanol–water partition coefficient (Wildman–Crippen LogP) is 2.80. The van der Waals surface area contributed by atoms with Gasteiger partial charge in [-0.25, -0.2) is 0 Å². The number of likely N-dealkylation sites (tertiary alicyclic amines) is 1. The van der Waals surface area contributed by atoms with E-state index < -0.39 is 6.10 Å². The third kappa shape index (κ3) is 2.59. The van der Waals surface area contributed by atoms with E-state index in [1.165, 1.54) is 16.5 Å². The summed E-state index contributed by atoms with van der Waals surface area (Å²) in [5.74, 6) is 0.368. The molecule has 2 aliphatic rings. The minimum atomic E-state index is -0.409. The molecular formula is C23H24N2O2. The van der Waals surface area contributed by atoms with Crippen LogP contribution in [0.3, 0.4) is 0 Å². The molecule has 138 valence electrons. The van der Waals surface area contributed by atoms with Crippen LogP contribution in [0.5, 0.6) is 0 Å². The second-order valence-electron chi connectivity index (χ2n) is 7.96. The fourth-order valence-electron chi connectivity index (χ4n) is 5.31. The summed E-state index contributed by atoms with van der Waals surface area (Å²) in [6, 6.07) is 20.6. The lowest BCUT2D eigenvalue weighted by molar-refractivity contribution is 0.111. The van der Waals surface area contributed by atoms with Gasteiger partial charge in [0.05, 0.1) is 11.6 Å². The molecule has 0 bridgehead atoms. The summed E-state index contributed by atoms with van der Waals surface area (Å²) < 4.78 is 0. The number of hydrogen-bond acceptors (Lipinski definition) is 4. The number of para-hydroxylation sites is 1. The van der Waals surface area contributed by atoms with Gasteiger partial charge in [0.2, 0.25) is 0 Å². The monoisotopic (exact) mass is 360 g/mol. The van der Waals surface area contributed by atoms with Gasteiger partial charge in [0.25, 0.3) is 0 Å². The summed E-state index contributed by atoms with van der Waals surface area (Å²) in [5.41, 5.74) is 3.25. The Labute approximate surface area is 159 Å². The maximum Gasteiger partial charge on any atom is 0.0745 e. The van der Waals surface area contributed by atoms with E-state index in [1.54, 1.807) is 0 Å². The molecule has 4 heteroatoms. The molecule has 5 rings (SSSR count). The van der Waals surface area contributed by atoms with E-state index in [0.717, 1.165) is 18.6 Å². The van der Waals surface area contributed by atoms with Crippen molar-refractivity contribution in [1.82, 2.24) is 9.88 Å². The molecule has 1 aliphatic heterocycles. The van der Waals surface area contributed by atoms with Crippen LogP contribution in [0.25, 0.3) is 10.9 Å². The number of rotatable bonds is 4.